The number of carbonyl (C=O) groups excluding carboxylic acids is 1. The molecule has 1 aromatic heterocycles. The molecule has 0 saturated heterocycles. The predicted molar refractivity (Wildman–Crippen MR) is 61.0 cm³/mol. The third-order valence-electron chi connectivity index (χ3n) is 2.11. The monoisotopic (exact) mass is 202 g/mol. The zero-order valence-corrected chi connectivity index (χ0v) is 8.51. The molecular weight excluding hydrogens is 192 g/mol. The Morgan fingerprint density at radius 3 is 3.00 bits per heavy atom. The summed E-state index contributed by atoms with van der Waals surface area (Å²) >= 11 is 1.61. The Kier molecular flexibility index (Phi) is 2.46. The van der Waals surface area contributed by atoms with Gasteiger partial charge in [0.05, 0.1) is 0 Å². The molecule has 0 unspecified atom stereocenters. The first-order valence-electron chi connectivity index (χ1n) is 4.43. The molecule has 0 saturated carbocycles. The number of Topliss-reactive ketones (excluding diaryl/α,β-unsaturated/α-hetero) is 1. The van der Waals surface area contributed by atoms with Crippen LogP contribution >= 0.6 is 11.3 Å². The summed E-state index contributed by atoms with van der Waals surface area (Å²) < 4.78 is 1.17. The number of fused-ring (bicyclic) bond motifs is 1. The molecule has 1 aromatic carbocycles. The van der Waals surface area contributed by atoms with Gasteiger partial charge in [0.25, 0.3) is 0 Å². The highest BCUT2D eigenvalue weighted by atomic mass is 32.1. The zero-order chi connectivity index (χ0) is 9.97. The van der Waals surface area contributed by atoms with Gasteiger partial charge in [-0.15, -0.1) is 17.9 Å². The summed E-state index contributed by atoms with van der Waals surface area (Å²) in [6.45, 7) is 3.57. The number of thiophene rings is 1. The molecule has 2 aromatic rings. The van der Waals surface area contributed by atoms with Crippen LogP contribution in [0.5, 0.6) is 0 Å². The number of allylic oxidation sites excluding steroid dienone is 1. The molecule has 0 fully saturated rings. The summed E-state index contributed by atoms with van der Waals surface area (Å²) in [5.41, 5.74) is 0.825. The molecule has 0 atom stereocenters. The van der Waals surface area contributed by atoms with E-state index in [0.29, 0.717) is 6.42 Å². The lowest BCUT2D eigenvalue weighted by atomic mass is 10.1. The van der Waals surface area contributed by atoms with Crippen LogP contribution in [0.25, 0.3) is 10.1 Å². The van der Waals surface area contributed by atoms with E-state index in [1.165, 1.54) is 4.70 Å². The van der Waals surface area contributed by atoms with Crippen LogP contribution in [0, 0.1) is 0 Å². The average molecular weight is 202 g/mol. The zero-order valence-electron chi connectivity index (χ0n) is 7.69. The van der Waals surface area contributed by atoms with Gasteiger partial charge in [-0.3, -0.25) is 4.79 Å². The first-order chi connectivity index (χ1) is 6.83. The van der Waals surface area contributed by atoms with Crippen LogP contribution in [-0.4, -0.2) is 5.78 Å². The second kappa shape index (κ2) is 3.76. The standard InChI is InChI=1S/C12H10OS/c1-2-5-11(13)10-8-14-12-7-4-3-6-9(10)12/h2-4,6-8H,1,5H2. The lowest BCUT2D eigenvalue weighted by Gasteiger charge is -1.94. The molecular formula is C12H10OS. The van der Waals surface area contributed by atoms with Crippen molar-refractivity contribution in [3.63, 3.8) is 0 Å². The maximum absolute atomic E-state index is 11.7. The number of benzene rings is 1. The van der Waals surface area contributed by atoms with E-state index in [0.717, 1.165) is 10.9 Å². The van der Waals surface area contributed by atoms with Crippen molar-refractivity contribution in [3.8, 4) is 0 Å². The Bertz CT molecular complexity index is 482. The third kappa shape index (κ3) is 1.49. The van der Waals surface area contributed by atoms with E-state index in [4.69, 9.17) is 0 Å². The molecule has 2 rings (SSSR count). The second-order valence-electron chi connectivity index (χ2n) is 3.06. The molecule has 0 bridgehead atoms. The first kappa shape index (κ1) is 9.16. The Morgan fingerprint density at radius 1 is 1.43 bits per heavy atom. The number of hydrogen-bond acceptors (Lipinski definition) is 2. The molecule has 0 spiro atoms. The SMILES string of the molecule is C=CCC(=O)c1csc2ccccc12. The fourth-order valence-electron chi connectivity index (χ4n) is 1.43. The molecule has 14 heavy (non-hydrogen) atoms. The van der Waals surface area contributed by atoms with Gasteiger partial charge in [-0.2, -0.15) is 0 Å². The van der Waals surface area contributed by atoms with Crippen molar-refractivity contribution >= 4 is 27.2 Å². The van der Waals surface area contributed by atoms with Gasteiger partial charge < -0.3 is 0 Å². The van der Waals surface area contributed by atoms with Gasteiger partial charge in [-0.05, 0) is 6.07 Å². The molecule has 0 radical (unpaired) electrons. The molecule has 70 valence electrons. The van der Waals surface area contributed by atoms with Gasteiger partial charge in [0.2, 0.25) is 0 Å². The normalized spacial score (nSPS) is 10.3. The maximum Gasteiger partial charge on any atom is 0.168 e. The van der Waals surface area contributed by atoms with Gasteiger partial charge in [-0.25, -0.2) is 0 Å². The fraction of sp³-hybridized carbons (Fsp3) is 0.0833. The van der Waals surface area contributed by atoms with Crippen LogP contribution < -0.4 is 0 Å². The molecule has 0 aliphatic heterocycles. The minimum absolute atomic E-state index is 0.150. The Balaban J connectivity index is 2.52. The summed E-state index contributed by atoms with van der Waals surface area (Å²) in [6, 6.07) is 7.97. The third-order valence-corrected chi connectivity index (χ3v) is 3.07. The second-order valence-corrected chi connectivity index (χ2v) is 3.97. The molecule has 0 amide bonds. The van der Waals surface area contributed by atoms with Crippen molar-refractivity contribution in [3.05, 3.63) is 47.9 Å². The Labute approximate surface area is 86.7 Å². The van der Waals surface area contributed by atoms with Crippen molar-refractivity contribution in [2.45, 2.75) is 6.42 Å². The topological polar surface area (TPSA) is 17.1 Å². The van der Waals surface area contributed by atoms with Crippen LogP contribution in [0.3, 0.4) is 0 Å². The van der Waals surface area contributed by atoms with Crippen LogP contribution in [0.1, 0.15) is 16.8 Å². The highest BCUT2D eigenvalue weighted by molar-refractivity contribution is 7.17. The van der Waals surface area contributed by atoms with Crippen LogP contribution in [-0.2, 0) is 0 Å². The maximum atomic E-state index is 11.7. The number of carbonyl (C=O) groups is 1. The van der Waals surface area contributed by atoms with E-state index in [1.807, 2.05) is 29.6 Å². The molecule has 2 heteroatoms. The van der Waals surface area contributed by atoms with E-state index < -0.39 is 0 Å². The molecule has 0 N–H and O–H groups in total. The quantitative estimate of drug-likeness (QED) is 0.548. The lowest BCUT2D eigenvalue weighted by Crippen LogP contribution is -1.94. The number of hydrogen-bond donors (Lipinski definition) is 0. The van der Waals surface area contributed by atoms with Gasteiger partial charge in [0, 0.05) is 27.5 Å². The Morgan fingerprint density at radius 2 is 2.21 bits per heavy atom. The summed E-state index contributed by atoms with van der Waals surface area (Å²) in [5.74, 6) is 0.150. The minimum atomic E-state index is 0.150. The van der Waals surface area contributed by atoms with Gasteiger partial charge in [0.15, 0.2) is 5.78 Å². The molecule has 0 aliphatic rings. The van der Waals surface area contributed by atoms with E-state index >= 15 is 0 Å². The van der Waals surface area contributed by atoms with Crippen molar-refractivity contribution in [1.29, 1.82) is 0 Å². The number of ketones is 1. The molecule has 0 aliphatic carbocycles. The van der Waals surface area contributed by atoms with Crippen molar-refractivity contribution in [1.82, 2.24) is 0 Å². The molecule has 1 nitrogen and oxygen atoms in total. The average Bonchev–Trinajstić information content (AvgIpc) is 2.61. The lowest BCUT2D eigenvalue weighted by molar-refractivity contribution is 0.0998. The van der Waals surface area contributed by atoms with E-state index in [9.17, 15) is 4.79 Å². The van der Waals surface area contributed by atoms with Crippen molar-refractivity contribution in [2.75, 3.05) is 0 Å². The summed E-state index contributed by atoms with van der Waals surface area (Å²) in [4.78, 5) is 11.7. The van der Waals surface area contributed by atoms with E-state index in [-0.39, 0.29) is 5.78 Å². The van der Waals surface area contributed by atoms with Gasteiger partial charge in [-0.1, -0.05) is 24.3 Å². The highest BCUT2D eigenvalue weighted by Crippen LogP contribution is 2.26. The number of rotatable bonds is 3. The fourth-order valence-corrected chi connectivity index (χ4v) is 2.40. The summed E-state index contributed by atoms with van der Waals surface area (Å²) in [7, 11) is 0. The van der Waals surface area contributed by atoms with E-state index in [2.05, 4.69) is 6.58 Å². The van der Waals surface area contributed by atoms with Crippen molar-refractivity contribution < 1.29 is 4.79 Å². The van der Waals surface area contributed by atoms with Crippen LogP contribution in [0.2, 0.25) is 0 Å². The summed E-state index contributed by atoms with van der Waals surface area (Å²) in [5, 5.41) is 2.99. The van der Waals surface area contributed by atoms with Gasteiger partial charge in [0.1, 0.15) is 0 Å². The van der Waals surface area contributed by atoms with Gasteiger partial charge >= 0.3 is 0 Å². The van der Waals surface area contributed by atoms with Crippen LogP contribution in [0.15, 0.2) is 42.3 Å². The largest absolute Gasteiger partial charge is 0.294 e. The highest BCUT2D eigenvalue weighted by Gasteiger charge is 2.09. The predicted octanol–water partition coefficient (Wildman–Crippen LogP) is 3.66. The summed E-state index contributed by atoms with van der Waals surface area (Å²) in [6.07, 6.45) is 2.06. The van der Waals surface area contributed by atoms with Crippen molar-refractivity contribution in [2.24, 2.45) is 0 Å². The first-order valence-corrected chi connectivity index (χ1v) is 5.31. The minimum Gasteiger partial charge on any atom is -0.294 e. The van der Waals surface area contributed by atoms with E-state index in [1.54, 1.807) is 17.4 Å². The smallest absolute Gasteiger partial charge is 0.168 e. The van der Waals surface area contributed by atoms with Crippen LogP contribution in [0.4, 0.5) is 0 Å². The molecule has 1 heterocycles. The Hall–Kier alpha value is -1.41.